The van der Waals surface area contributed by atoms with Gasteiger partial charge < -0.3 is 10.0 Å². The number of piperidine rings is 1. The minimum absolute atomic E-state index is 0.0366. The highest BCUT2D eigenvalue weighted by Gasteiger charge is 2.37. The lowest BCUT2D eigenvalue weighted by molar-refractivity contribution is -0.145. The second-order valence-electron chi connectivity index (χ2n) is 5.42. The molecule has 1 amide bonds. The van der Waals surface area contributed by atoms with Gasteiger partial charge >= 0.3 is 5.97 Å². The van der Waals surface area contributed by atoms with Crippen LogP contribution in [0.1, 0.15) is 35.7 Å². The van der Waals surface area contributed by atoms with Crippen LogP contribution in [0.3, 0.4) is 0 Å². The molecule has 5 heteroatoms. The normalized spacial score (nSPS) is 22.6. The predicted molar refractivity (Wildman–Crippen MR) is 77.0 cm³/mol. The topological polar surface area (TPSA) is 57.6 Å². The average Bonchev–Trinajstić information content (AvgIpc) is 2.35. The van der Waals surface area contributed by atoms with Gasteiger partial charge in [0.25, 0.3) is 5.91 Å². The summed E-state index contributed by atoms with van der Waals surface area (Å²) in [5.41, 5.74) is 1.34. The number of halogens is 1. The fourth-order valence-electron chi connectivity index (χ4n) is 2.82. The Morgan fingerprint density at radius 1 is 1.35 bits per heavy atom. The quantitative estimate of drug-likeness (QED) is 0.912. The molecule has 0 spiro atoms. The lowest BCUT2D eigenvalue weighted by atomic mass is 9.90. The van der Waals surface area contributed by atoms with Crippen LogP contribution in [0.4, 0.5) is 0 Å². The van der Waals surface area contributed by atoms with Crippen molar-refractivity contribution in [3.05, 3.63) is 34.3 Å². The molecule has 108 valence electrons. The van der Waals surface area contributed by atoms with Gasteiger partial charge in [0.05, 0.1) is 0 Å². The molecular weight excluding hydrogens is 278 g/mol. The van der Waals surface area contributed by atoms with Crippen molar-refractivity contribution >= 4 is 23.5 Å². The largest absolute Gasteiger partial charge is 0.480 e. The molecule has 0 bridgehead atoms. The molecule has 1 aliphatic rings. The van der Waals surface area contributed by atoms with Gasteiger partial charge in [-0.25, -0.2) is 4.79 Å². The lowest BCUT2D eigenvalue weighted by Gasteiger charge is -2.37. The van der Waals surface area contributed by atoms with Crippen molar-refractivity contribution in [1.82, 2.24) is 4.90 Å². The maximum atomic E-state index is 12.6. The molecule has 1 fully saturated rings. The van der Waals surface area contributed by atoms with E-state index in [-0.39, 0.29) is 11.8 Å². The van der Waals surface area contributed by atoms with Crippen LogP contribution in [0.25, 0.3) is 0 Å². The smallest absolute Gasteiger partial charge is 0.326 e. The number of amides is 1. The van der Waals surface area contributed by atoms with Crippen LogP contribution in [-0.2, 0) is 4.79 Å². The number of benzene rings is 1. The second kappa shape index (κ2) is 5.83. The van der Waals surface area contributed by atoms with Crippen LogP contribution in [0, 0.1) is 12.8 Å². The Bertz CT molecular complexity index is 524. The van der Waals surface area contributed by atoms with Crippen LogP contribution >= 0.6 is 11.6 Å². The van der Waals surface area contributed by atoms with Crippen molar-refractivity contribution in [2.75, 3.05) is 6.54 Å². The number of nitrogens with zero attached hydrogens (tertiary/aromatic N) is 1. The van der Waals surface area contributed by atoms with E-state index in [0.717, 1.165) is 18.4 Å². The minimum Gasteiger partial charge on any atom is -0.480 e. The summed E-state index contributed by atoms with van der Waals surface area (Å²) in [5.74, 6) is -1.23. The zero-order chi connectivity index (χ0) is 14.9. The summed E-state index contributed by atoms with van der Waals surface area (Å²) < 4.78 is 0. The first kappa shape index (κ1) is 14.9. The van der Waals surface area contributed by atoms with Gasteiger partial charge in [-0.05, 0) is 49.4 Å². The van der Waals surface area contributed by atoms with Gasteiger partial charge in [0.15, 0.2) is 0 Å². The predicted octanol–water partition coefficient (Wildman–Crippen LogP) is 2.97. The number of hydrogen-bond donors (Lipinski definition) is 1. The van der Waals surface area contributed by atoms with Gasteiger partial charge in [0, 0.05) is 17.1 Å². The first-order valence-electron chi connectivity index (χ1n) is 6.71. The van der Waals surface area contributed by atoms with Gasteiger partial charge in [0.1, 0.15) is 6.04 Å². The highest BCUT2D eigenvalue weighted by atomic mass is 35.5. The van der Waals surface area contributed by atoms with Crippen molar-refractivity contribution in [1.29, 1.82) is 0 Å². The molecule has 0 radical (unpaired) electrons. The Labute approximate surface area is 123 Å². The molecule has 2 unspecified atom stereocenters. The molecule has 1 saturated heterocycles. The zero-order valence-electron chi connectivity index (χ0n) is 11.6. The number of aliphatic carboxylic acids is 1. The van der Waals surface area contributed by atoms with Crippen molar-refractivity contribution in [3.63, 3.8) is 0 Å². The summed E-state index contributed by atoms with van der Waals surface area (Å²) in [7, 11) is 0. The number of carbonyl (C=O) groups is 2. The zero-order valence-corrected chi connectivity index (χ0v) is 12.4. The Morgan fingerprint density at radius 3 is 2.65 bits per heavy atom. The Balaban J connectivity index is 2.32. The third kappa shape index (κ3) is 2.96. The lowest BCUT2D eigenvalue weighted by Crippen LogP contribution is -2.51. The Kier molecular flexibility index (Phi) is 4.33. The molecule has 2 rings (SSSR count). The molecule has 4 nitrogen and oxygen atoms in total. The van der Waals surface area contributed by atoms with E-state index in [1.165, 1.54) is 4.90 Å². The fraction of sp³-hybridized carbons (Fsp3) is 0.467. The Hall–Kier alpha value is -1.55. The highest BCUT2D eigenvalue weighted by Crippen LogP contribution is 2.26. The molecule has 0 aliphatic carbocycles. The summed E-state index contributed by atoms with van der Waals surface area (Å²) >= 11 is 5.97. The number of carbonyl (C=O) groups excluding carboxylic acids is 1. The van der Waals surface area contributed by atoms with Crippen molar-refractivity contribution in [3.8, 4) is 0 Å². The van der Waals surface area contributed by atoms with E-state index in [4.69, 9.17) is 11.6 Å². The summed E-state index contributed by atoms with van der Waals surface area (Å²) in [6, 6.07) is 4.35. The van der Waals surface area contributed by atoms with Crippen LogP contribution in [-0.4, -0.2) is 34.5 Å². The molecular formula is C15H18ClNO3. The van der Waals surface area contributed by atoms with Gasteiger partial charge in [-0.2, -0.15) is 0 Å². The van der Waals surface area contributed by atoms with Gasteiger partial charge in [-0.15, -0.1) is 0 Å². The van der Waals surface area contributed by atoms with Crippen molar-refractivity contribution < 1.29 is 14.7 Å². The van der Waals surface area contributed by atoms with E-state index in [9.17, 15) is 14.7 Å². The number of carboxylic acid groups (broad SMARTS) is 1. The second-order valence-corrected chi connectivity index (χ2v) is 5.85. The summed E-state index contributed by atoms with van der Waals surface area (Å²) in [6.07, 6.45) is 1.66. The van der Waals surface area contributed by atoms with E-state index in [1.54, 1.807) is 18.2 Å². The van der Waals surface area contributed by atoms with Gasteiger partial charge in [-0.1, -0.05) is 18.5 Å². The van der Waals surface area contributed by atoms with Crippen LogP contribution in [0.15, 0.2) is 18.2 Å². The number of hydrogen-bond acceptors (Lipinski definition) is 2. The van der Waals surface area contributed by atoms with Crippen molar-refractivity contribution in [2.24, 2.45) is 5.92 Å². The summed E-state index contributed by atoms with van der Waals surface area (Å²) in [5, 5.41) is 9.86. The van der Waals surface area contributed by atoms with Crippen LogP contribution in [0.5, 0.6) is 0 Å². The fourth-order valence-corrected chi connectivity index (χ4v) is 3.11. The third-order valence-electron chi connectivity index (χ3n) is 3.74. The van der Waals surface area contributed by atoms with E-state index in [1.807, 2.05) is 13.8 Å². The molecule has 1 aromatic rings. The number of aryl methyl sites for hydroxylation is 1. The molecule has 0 saturated carbocycles. The first-order valence-corrected chi connectivity index (χ1v) is 7.09. The van der Waals surface area contributed by atoms with Crippen LogP contribution < -0.4 is 0 Å². The van der Waals surface area contributed by atoms with E-state index < -0.39 is 12.0 Å². The number of carboxylic acids is 1. The van der Waals surface area contributed by atoms with Gasteiger partial charge in [-0.3, -0.25) is 4.79 Å². The van der Waals surface area contributed by atoms with Crippen LogP contribution in [0.2, 0.25) is 5.02 Å². The SMILES string of the molecule is Cc1cc(Cl)cc(C(=O)N2CCCC(C)C2C(=O)O)c1. The third-order valence-corrected chi connectivity index (χ3v) is 3.95. The molecule has 20 heavy (non-hydrogen) atoms. The molecule has 1 aromatic carbocycles. The highest BCUT2D eigenvalue weighted by molar-refractivity contribution is 6.31. The molecule has 2 atom stereocenters. The van der Waals surface area contributed by atoms with E-state index in [0.29, 0.717) is 17.1 Å². The Morgan fingerprint density at radius 2 is 2.05 bits per heavy atom. The van der Waals surface area contributed by atoms with Gasteiger partial charge in [0.2, 0.25) is 0 Å². The minimum atomic E-state index is -0.940. The van der Waals surface area contributed by atoms with E-state index >= 15 is 0 Å². The molecule has 1 N–H and O–H groups in total. The average molecular weight is 296 g/mol. The molecule has 1 aliphatic heterocycles. The monoisotopic (exact) mass is 295 g/mol. The maximum absolute atomic E-state index is 12.6. The molecule has 1 heterocycles. The number of rotatable bonds is 2. The number of likely N-dealkylation sites (tertiary alicyclic amines) is 1. The summed E-state index contributed by atoms with van der Waals surface area (Å²) in [4.78, 5) is 25.5. The maximum Gasteiger partial charge on any atom is 0.326 e. The first-order chi connectivity index (χ1) is 9.40. The standard InChI is InChI=1S/C15H18ClNO3/c1-9-6-11(8-12(16)7-9)14(18)17-5-3-4-10(2)13(17)15(19)20/h6-8,10,13H,3-5H2,1-2H3,(H,19,20). The summed E-state index contributed by atoms with van der Waals surface area (Å²) in [6.45, 7) is 4.21. The molecule has 0 aromatic heterocycles. The van der Waals surface area contributed by atoms with Crippen molar-refractivity contribution in [2.45, 2.75) is 32.7 Å². The van der Waals surface area contributed by atoms with E-state index in [2.05, 4.69) is 0 Å².